The molecule has 0 aliphatic heterocycles. The molecule has 1 heterocycles. The molecule has 0 bridgehead atoms. The van der Waals surface area contributed by atoms with Crippen molar-refractivity contribution in [1.29, 1.82) is 0 Å². The largest absolute Gasteiger partial charge is 0.280 e. The number of thiophene rings is 1. The fourth-order valence-electron chi connectivity index (χ4n) is 1.07. The van der Waals surface area contributed by atoms with E-state index < -0.39 is 10.0 Å². The second kappa shape index (κ2) is 4.04. The zero-order valence-corrected chi connectivity index (χ0v) is 9.31. The topological polar surface area (TPSA) is 46.2 Å². The lowest BCUT2D eigenvalue weighted by molar-refractivity contribution is 0.601. The molecule has 0 aliphatic rings. The predicted molar refractivity (Wildman–Crippen MR) is 60.4 cm³/mol. The summed E-state index contributed by atoms with van der Waals surface area (Å²) in [6.45, 7) is 0. The molecule has 0 fully saturated rings. The van der Waals surface area contributed by atoms with Crippen LogP contribution in [-0.4, -0.2) is 8.42 Å². The molecule has 15 heavy (non-hydrogen) atoms. The van der Waals surface area contributed by atoms with Crippen molar-refractivity contribution in [2.45, 2.75) is 4.90 Å². The Morgan fingerprint density at radius 2 is 1.93 bits per heavy atom. The van der Waals surface area contributed by atoms with Crippen LogP contribution in [0.25, 0.3) is 0 Å². The van der Waals surface area contributed by atoms with Crippen LogP contribution in [-0.2, 0) is 10.0 Å². The number of nitrogens with one attached hydrogen (secondary N) is 1. The van der Waals surface area contributed by atoms with Gasteiger partial charge in [0.2, 0.25) is 0 Å². The molecule has 1 aromatic carbocycles. The molecule has 0 unspecified atom stereocenters. The number of anilines is 1. The summed E-state index contributed by atoms with van der Waals surface area (Å²) in [5.41, 5.74) is 0.542. The quantitative estimate of drug-likeness (QED) is 0.892. The summed E-state index contributed by atoms with van der Waals surface area (Å²) in [6.07, 6.45) is 0. The highest BCUT2D eigenvalue weighted by molar-refractivity contribution is 7.92. The van der Waals surface area contributed by atoms with Crippen LogP contribution >= 0.6 is 11.3 Å². The van der Waals surface area contributed by atoms with Gasteiger partial charge in [0.05, 0.1) is 4.90 Å². The summed E-state index contributed by atoms with van der Waals surface area (Å²) in [6, 6.07) is 11.0. The Kier molecular flexibility index (Phi) is 2.75. The lowest BCUT2D eigenvalue weighted by Gasteiger charge is -2.05. The molecule has 77 valence electrons. The Morgan fingerprint density at radius 1 is 1.20 bits per heavy atom. The summed E-state index contributed by atoms with van der Waals surface area (Å²) in [5, 5.41) is 3.32. The predicted octanol–water partition coefficient (Wildman–Crippen LogP) is 2.35. The van der Waals surface area contributed by atoms with Crippen molar-refractivity contribution in [3.63, 3.8) is 0 Å². The van der Waals surface area contributed by atoms with Gasteiger partial charge in [-0.1, -0.05) is 12.1 Å². The number of hydrogen-bond acceptors (Lipinski definition) is 3. The fraction of sp³-hybridized carbons (Fsp3) is 0. The average molecular weight is 238 g/mol. The van der Waals surface area contributed by atoms with Gasteiger partial charge in [-0.25, -0.2) is 8.42 Å². The monoisotopic (exact) mass is 238 g/mol. The maximum atomic E-state index is 11.7. The number of benzene rings is 1. The standard InChI is InChI=1S/C10H8NO2S2/c12-15(13,10-6-7-14-8-10)11-9-4-2-1-3-5-9/h2-8,11H. The van der Waals surface area contributed by atoms with Gasteiger partial charge in [0, 0.05) is 11.1 Å². The van der Waals surface area contributed by atoms with Crippen molar-refractivity contribution >= 4 is 27.0 Å². The lowest BCUT2D eigenvalue weighted by atomic mass is 10.3. The summed E-state index contributed by atoms with van der Waals surface area (Å²) in [4.78, 5) is 0.292. The lowest BCUT2D eigenvalue weighted by Crippen LogP contribution is -2.11. The summed E-state index contributed by atoms with van der Waals surface area (Å²) in [5.74, 6) is 0. The molecule has 1 N–H and O–H groups in total. The van der Waals surface area contributed by atoms with Gasteiger partial charge in [-0.15, -0.1) is 0 Å². The zero-order chi connectivity index (χ0) is 10.7. The van der Waals surface area contributed by atoms with Crippen LogP contribution in [0.2, 0.25) is 0 Å². The first-order valence-electron chi connectivity index (χ1n) is 4.20. The summed E-state index contributed by atoms with van der Waals surface area (Å²) >= 11 is 1.35. The first kappa shape index (κ1) is 10.2. The minimum atomic E-state index is -3.42. The van der Waals surface area contributed by atoms with E-state index in [4.69, 9.17) is 0 Å². The van der Waals surface area contributed by atoms with E-state index in [1.54, 1.807) is 41.1 Å². The van der Waals surface area contributed by atoms with Crippen LogP contribution in [0.4, 0.5) is 5.69 Å². The van der Waals surface area contributed by atoms with Crippen molar-refractivity contribution in [1.82, 2.24) is 0 Å². The molecule has 0 saturated heterocycles. The average Bonchev–Trinajstić information content (AvgIpc) is 2.71. The highest BCUT2D eigenvalue weighted by atomic mass is 32.2. The van der Waals surface area contributed by atoms with E-state index in [0.717, 1.165) is 0 Å². The Hall–Kier alpha value is -1.33. The van der Waals surface area contributed by atoms with Crippen LogP contribution < -0.4 is 4.72 Å². The third kappa shape index (κ3) is 2.37. The molecule has 0 atom stereocenters. The van der Waals surface area contributed by atoms with Crippen molar-refractivity contribution in [2.75, 3.05) is 4.72 Å². The molecular formula is C10H8NO2S2. The Labute approximate surface area is 92.4 Å². The molecular weight excluding hydrogens is 230 g/mol. The number of sulfonamides is 1. The van der Waals surface area contributed by atoms with E-state index in [2.05, 4.69) is 10.8 Å². The Bertz CT molecular complexity index is 518. The molecule has 0 amide bonds. The molecule has 0 aliphatic carbocycles. The zero-order valence-electron chi connectivity index (χ0n) is 7.67. The molecule has 1 radical (unpaired) electrons. The van der Waals surface area contributed by atoms with Crippen LogP contribution in [0, 0.1) is 6.07 Å². The third-order valence-electron chi connectivity index (χ3n) is 1.78. The second-order valence-electron chi connectivity index (χ2n) is 2.85. The van der Waals surface area contributed by atoms with Gasteiger partial charge in [0.25, 0.3) is 10.0 Å². The third-order valence-corrected chi connectivity index (χ3v) is 3.99. The highest BCUT2D eigenvalue weighted by Crippen LogP contribution is 2.17. The molecule has 0 spiro atoms. The Balaban J connectivity index is 2.27. The summed E-state index contributed by atoms with van der Waals surface area (Å²) < 4.78 is 26.0. The van der Waals surface area contributed by atoms with E-state index in [1.807, 2.05) is 0 Å². The van der Waals surface area contributed by atoms with Gasteiger partial charge in [0.15, 0.2) is 0 Å². The SMILES string of the molecule is O=S(=O)(Nc1cc[c]cc1)c1ccsc1. The van der Waals surface area contributed by atoms with E-state index in [0.29, 0.717) is 10.6 Å². The van der Waals surface area contributed by atoms with Crippen molar-refractivity contribution in [3.8, 4) is 0 Å². The second-order valence-corrected chi connectivity index (χ2v) is 5.32. The summed E-state index contributed by atoms with van der Waals surface area (Å²) in [7, 11) is -3.42. The molecule has 0 saturated carbocycles. The number of hydrogen-bond donors (Lipinski definition) is 1. The number of rotatable bonds is 3. The van der Waals surface area contributed by atoms with Crippen molar-refractivity contribution in [2.24, 2.45) is 0 Å². The maximum absolute atomic E-state index is 11.7. The normalized spacial score (nSPS) is 11.2. The van der Waals surface area contributed by atoms with Crippen LogP contribution in [0.15, 0.2) is 46.0 Å². The highest BCUT2D eigenvalue weighted by Gasteiger charge is 2.13. The van der Waals surface area contributed by atoms with Gasteiger partial charge < -0.3 is 0 Å². The molecule has 5 heteroatoms. The van der Waals surface area contributed by atoms with Crippen LogP contribution in [0.5, 0.6) is 0 Å². The maximum Gasteiger partial charge on any atom is 0.262 e. The van der Waals surface area contributed by atoms with Gasteiger partial charge in [0.1, 0.15) is 0 Å². The molecule has 2 aromatic rings. The molecule has 2 rings (SSSR count). The minimum Gasteiger partial charge on any atom is -0.280 e. The van der Waals surface area contributed by atoms with E-state index in [1.165, 1.54) is 11.3 Å². The molecule has 1 aromatic heterocycles. The first-order chi connectivity index (χ1) is 7.18. The molecule has 3 nitrogen and oxygen atoms in total. The van der Waals surface area contributed by atoms with Gasteiger partial charge >= 0.3 is 0 Å². The van der Waals surface area contributed by atoms with Gasteiger partial charge in [-0.3, -0.25) is 4.72 Å². The van der Waals surface area contributed by atoms with Crippen LogP contribution in [0.3, 0.4) is 0 Å². The van der Waals surface area contributed by atoms with E-state index in [-0.39, 0.29) is 0 Å². The van der Waals surface area contributed by atoms with Crippen molar-refractivity contribution < 1.29 is 8.42 Å². The van der Waals surface area contributed by atoms with Crippen molar-refractivity contribution in [3.05, 3.63) is 47.2 Å². The smallest absolute Gasteiger partial charge is 0.262 e. The Morgan fingerprint density at radius 3 is 2.53 bits per heavy atom. The van der Waals surface area contributed by atoms with E-state index >= 15 is 0 Å². The van der Waals surface area contributed by atoms with Gasteiger partial charge in [-0.2, -0.15) is 11.3 Å². The first-order valence-corrected chi connectivity index (χ1v) is 6.62. The van der Waals surface area contributed by atoms with E-state index in [9.17, 15) is 8.42 Å². The van der Waals surface area contributed by atoms with Crippen LogP contribution in [0.1, 0.15) is 0 Å². The minimum absolute atomic E-state index is 0.292. The fourth-order valence-corrected chi connectivity index (χ4v) is 3.16. The van der Waals surface area contributed by atoms with Gasteiger partial charge in [-0.05, 0) is 29.6 Å².